The van der Waals surface area contributed by atoms with E-state index in [1.165, 1.54) is 11.1 Å². The number of nitrogens with one attached hydrogen (secondary N) is 1. The van der Waals surface area contributed by atoms with E-state index < -0.39 is 5.41 Å². The summed E-state index contributed by atoms with van der Waals surface area (Å²) < 4.78 is 0. The summed E-state index contributed by atoms with van der Waals surface area (Å²) in [7, 11) is 0. The van der Waals surface area contributed by atoms with Crippen molar-refractivity contribution in [1.82, 2.24) is 20.2 Å². The lowest BCUT2D eigenvalue weighted by Crippen LogP contribution is -2.45. The number of likely N-dealkylation sites (tertiary alicyclic amines) is 1. The maximum absolute atomic E-state index is 13.6. The Hall–Kier alpha value is -3.05. The molecule has 32 heavy (non-hydrogen) atoms. The Bertz CT molecular complexity index is 1020. The molecule has 0 bridgehead atoms. The number of rotatable bonds is 8. The molecule has 2 aromatic heterocycles. The molecule has 5 heteroatoms. The molecule has 3 aromatic rings. The topological polar surface area (TPSA) is 58.1 Å². The zero-order chi connectivity index (χ0) is 22.4. The second-order valence-electron chi connectivity index (χ2n) is 9.24. The molecule has 4 rings (SSSR count). The molecule has 0 spiro atoms. The molecule has 3 heterocycles. The molecule has 1 aliphatic rings. The van der Waals surface area contributed by atoms with Crippen LogP contribution in [0.4, 0.5) is 0 Å². The van der Waals surface area contributed by atoms with Crippen molar-refractivity contribution in [2.75, 3.05) is 19.6 Å². The normalized spacial score (nSPS) is 18.7. The molecule has 166 valence electrons. The first-order valence-electron chi connectivity index (χ1n) is 11.4. The zero-order valence-electron chi connectivity index (χ0n) is 19.0. The van der Waals surface area contributed by atoms with Crippen molar-refractivity contribution in [2.24, 2.45) is 11.3 Å². The number of carbonyl (C=O) groups is 1. The number of nitrogens with zero attached hydrogens (tertiary/aromatic N) is 3. The Kier molecular flexibility index (Phi) is 6.96. The van der Waals surface area contributed by atoms with Crippen LogP contribution >= 0.6 is 0 Å². The van der Waals surface area contributed by atoms with Gasteiger partial charge in [-0.1, -0.05) is 44.2 Å². The highest BCUT2D eigenvalue weighted by Crippen LogP contribution is 2.38. The third kappa shape index (κ3) is 5.22. The van der Waals surface area contributed by atoms with Gasteiger partial charge in [0.2, 0.25) is 5.91 Å². The predicted molar refractivity (Wildman–Crippen MR) is 128 cm³/mol. The Morgan fingerprint density at radius 1 is 1.06 bits per heavy atom. The van der Waals surface area contributed by atoms with E-state index in [4.69, 9.17) is 0 Å². The molecule has 0 saturated carbocycles. The third-order valence-corrected chi connectivity index (χ3v) is 6.23. The maximum atomic E-state index is 13.6. The maximum Gasteiger partial charge on any atom is 0.227 e. The number of hydrogen-bond acceptors (Lipinski definition) is 4. The summed E-state index contributed by atoms with van der Waals surface area (Å²) in [5.41, 5.74) is 4.11. The van der Waals surface area contributed by atoms with Crippen LogP contribution in [0.15, 0.2) is 73.2 Å². The highest BCUT2D eigenvalue weighted by atomic mass is 16.2. The minimum atomic E-state index is -0.452. The molecule has 1 atom stereocenters. The first-order chi connectivity index (χ1) is 15.6. The highest BCUT2D eigenvalue weighted by Gasteiger charge is 2.44. The van der Waals surface area contributed by atoms with E-state index in [0.29, 0.717) is 18.9 Å². The van der Waals surface area contributed by atoms with Gasteiger partial charge >= 0.3 is 0 Å². The molecule has 1 saturated heterocycles. The van der Waals surface area contributed by atoms with Gasteiger partial charge in [0.1, 0.15) is 0 Å². The molecular weight excluding hydrogens is 396 g/mol. The monoisotopic (exact) mass is 428 g/mol. The summed E-state index contributed by atoms with van der Waals surface area (Å²) in [6.07, 6.45) is 7.03. The molecule has 0 radical (unpaired) electrons. The van der Waals surface area contributed by atoms with Crippen LogP contribution in [0.3, 0.4) is 0 Å². The second-order valence-corrected chi connectivity index (χ2v) is 9.24. The minimum Gasteiger partial charge on any atom is -0.355 e. The van der Waals surface area contributed by atoms with Crippen LogP contribution in [0.2, 0.25) is 0 Å². The van der Waals surface area contributed by atoms with Gasteiger partial charge in [-0.3, -0.25) is 19.7 Å². The number of amides is 1. The standard InChI is InChI=1S/C27H32N4O/c1-21(2)18-30-26(32)27(12-16-31(20-27)19-24-8-5-6-13-29-24)17-23-7-3-4-9-25(23)22-10-14-28-15-11-22/h3-11,13-15,21H,12,16-20H2,1-2H3,(H,30,32)/t27-/m1/s1. The van der Waals surface area contributed by atoms with Crippen LogP contribution in [-0.4, -0.2) is 40.4 Å². The van der Waals surface area contributed by atoms with E-state index in [9.17, 15) is 4.79 Å². The number of pyridine rings is 2. The van der Waals surface area contributed by atoms with E-state index in [-0.39, 0.29) is 5.91 Å². The van der Waals surface area contributed by atoms with Crippen molar-refractivity contribution in [1.29, 1.82) is 0 Å². The SMILES string of the molecule is CC(C)CNC(=O)[C@@]1(Cc2ccccc2-c2ccncc2)CCN(Cc2ccccn2)C1. The van der Waals surface area contributed by atoms with Gasteiger partial charge < -0.3 is 5.32 Å². The van der Waals surface area contributed by atoms with Crippen molar-refractivity contribution >= 4 is 5.91 Å². The molecule has 5 nitrogen and oxygen atoms in total. The smallest absolute Gasteiger partial charge is 0.227 e. The lowest BCUT2D eigenvalue weighted by molar-refractivity contribution is -0.130. The predicted octanol–water partition coefficient (Wildman–Crippen LogP) is 4.35. The lowest BCUT2D eigenvalue weighted by Gasteiger charge is -2.30. The highest BCUT2D eigenvalue weighted by molar-refractivity contribution is 5.84. The molecule has 1 fully saturated rings. The van der Waals surface area contributed by atoms with Gasteiger partial charge in [0.15, 0.2) is 0 Å². The summed E-state index contributed by atoms with van der Waals surface area (Å²) in [6, 6.07) is 18.5. The third-order valence-electron chi connectivity index (χ3n) is 6.23. The van der Waals surface area contributed by atoms with Crippen LogP contribution in [0, 0.1) is 11.3 Å². The Morgan fingerprint density at radius 2 is 1.84 bits per heavy atom. The summed E-state index contributed by atoms with van der Waals surface area (Å²) in [5, 5.41) is 3.24. The van der Waals surface area contributed by atoms with Gasteiger partial charge in [-0.05, 0) is 66.3 Å². The Morgan fingerprint density at radius 3 is 2.59 bits per heavy atom. The Labute approximate surface area is 190 Å². The molecule has 0 unspecified atom stereocenters. The number of aromatic nitrogens is 2. The fourth-order valence-electron chi connectivity index (χ4n) is 4.56. The average molecular weight is 429 g/mol. The van der Waals surface area contributed by atoms with Crippen molar-refractivity contribution in [3.8, 4) is 11.1 Å². The zero-order valence-corrected chi connectivity index (χ0v) is 19.0. The fraction of sp³-hybridized carbons (Fsp3) is 0.370. The molecule has 1 aromatic carbocycles. The summed E-state index contributed by atoms with van der Waals surface area (Å²) in [5.74, 6) is 0.588. The van der Waals surface area contributed by atoms with Gasteiger partial charge in [0, 0.05) is 38.2 Å². The Balaban J connectivity index is 1.61. The van der Waals surface area contributed by atoms with E-state index in [0.717, 1.165) is 37.3 Å². The number of carbonyl (C=O) groups excluding carboxylic acids is 1. The lowest BCUT2D eigenvalue weighted by atomic mass is 9.78. The van der Waals surface area contributed by atoms with E-state index in [1.807, 2.05) is 42.9 Å². The molecular formula is C27H32N4O. The average Bonchev–Trinajstić information content (AvgIpc) is 3.22. The first kappa shape index (κ1) is 22.2. The quantitative estimate of drug-likeness (QED) is 0.579. The van der Waals surface area contributed by atoms with Crippen molar-refractivity contribution in [3.05, 3.63) is 84.4 Å². The van der Waals surface area contributed by atoms with E-state index >= 15 is 0 Å². The van der Waals surface area contributed by atoms with Gasteiger partial charge in [-0.2, -0.15) is 0 Å². The van der Waals surface area contributed by atoms with Gasteiger partial charge in [-0.25, -0.2) is 0 Å². The van der Waals surface area contributed by atoms with Gasteiger partial charge in [0.25, 0.3) is 0 Å². The van der Waals surface area contributed by atoms with Crippen molar-refractivity contribution in [2.45, 2.75) is 33.2 Å². The van der Waals surface area contributed by atoms with Gasteiger partial charge in [0.05, 0.1) is 11.1 Å². The van der Waals surface area contributed by atoms with Crippen LogP contribution in [-0.2, 0) is 17.8 Å². The minimum absolute atomic E-state index is 0.166. The van der Waals surface area contributed by atoms with E-state index in [2.05, 4.69) is 64.4 Å². The summed E-state index contributed by atoms with van der Waals surface area (Å²) >= 11 is 0. The van der Waals surface area contributed by atoms with Crippen molar-refractivity contribution < 1.29 is 4.79 Å². The fourth-order valence-corrected chi connectivity index (χ4v) is 4.56. The second kappa shape index (κ2) is 10.0. The van der Waals surface area contributed by atoms with Gasteiger partial charge in [-0.15, -0.1) is 0 Å². The largest absolute Gasteiger partial charge is 0.355 e. The number of hydrogen-bond donors (Lipinski definition) is 1. The summed E-state index contributed by atoms with van der Waals surface area (Å²) in [6.45, 7) is 7.36. The van der Waals surface area contributed by atoms with Crippen LogP contribution in [0.25, 0.3) is 11.1 Å². The van der Waals surface area contributed by atoms with Crippen LogP contribution < -0.4 is 5.32 Å². The molecule has 1 N–H and O–H groups in total. The molecule has 1 aliphatic heterocycles. The number of benzene rings is 1. The van der Waals surface area contributed by atoms with E-state index in [1.54, 1.807) is 0 Å². The first-order valence-corrected chi connectivity index (χ1v) is 11.4. The summed E-state index contributed by atoms with van der Waals surface area (Å²) in [4.78, 5) is 24.6. The van der Waals surface area contributed by atoms with Crippen LogP contribution in [0.5, 0.6) is 0 Å². The van der Waals surface area contributed by atoms with Crippen molar-refractivity contribution in [3.63, 3.8) is 0 Å². The molecule has 0 aliphatic carbocycles. The van der Waals surface area contributed by atoms with Crippen LogP contribution in [0.1, 0.15) is 31.5 Å². The molecule has 1 amide bonds.